The number of rotatable bonds is 4. The molecule has 0 spiro atoms. The van der Waals surface area contributed by atoms with Gasteiger partial charge < -0.3 is 11.1 Å². The van der Waals surface area contributed by atoms with E-state index in [1.807, 2.05) is 12.1 Å². The van der Waals surface area contributed by atoms with E-state index in [1.165, 1.54) is 17.5 Å². The first-order valence-electron chi connectivity index (χ1n) is 4.80. The molecule has 0 bridgehead atoms. The lowest BCUT2D eigenvalue weighted by atomic mass is 10.1. The first kappa shape index (κ1) is 10.1. The quantitative estimate of drug-likeness (QED) is 0.547. The number of anilines is 1. The fourth-order valence-corrected chi connectivity index (χ4v) is 1.29. The Bertz CT molecular complexity index is 269. The van der Waals surface area contributed by atoms with Gasteiger partial charge in [0.25, 0.3) is 0 Å². The molecule has 2 heteroatoms. The molecule has 2 nitrogen and oxygen atoms in total. The first-order chi connectivity index (χ1) is 6.25. The predicted molar refractivity (Wildman–Crippen MR) is 57.6 cm³/mol. The lowest BCUT2D eigenvalue weighted by Gasteiger charge is -2.08. The van der Waals surface area contributed by atoms with E-state index in [0.717, 1.165) is 18.8 Å². The summed E-state index contributed by atoms with van der Waals surface area (Å²) in [5.74, 6) is 0. The lowest BCUT2D eigenvalue weighted by molar-refractivity contribution is 0.673. The van der Waals surface area contributed by atoms with Crippen LogP contribution < -0.4 is 11.1 Å². The summed E-state index contributed by atoms with van der Waals surface area (Å²) in [5.41, 5.74) is 9.18. The van der Waals surface area contributed by atoms with E-state index in [4.69, 9.17) is 5.73 Å². The van der Waals surface area contributed by atoms with Crippen LogP contribution in [0.5, 0.6) is 0 Å². The molecular formula is C11H18N2. The average molecular weight is 178 g/mol. The molecule has 0 amide bonds. The van der Waals surface area contributed by atoms with Crippen molar-refractivity contribution < 1.29 is 0 Å². The Balaban J connectivity index is 2.61. The highest BCUT2D eigenvalue weighted by Crippen LogP contribution is 2.14. The zero-order chi connectivity index (χ0) is 9.68. The Labute approximate surface area is 80.1 Å². The molecule has 0 aliphatic carbocycles. The van der Waals surface area contributed by atoms with Crippen molar-refractivity contribution in [2.24, 2.45) is 0 Å². The molecule has 0 atom stereocenters. The number of hydrogen-bond donors (Lipinski definition) is 2. The first-order valence-corrected chi connectivity index (χ1v) is 4.80. The van der Waals surface area contributed by atoms with E-state index in [9.17, 15) is 0 Å². The van der Waals surface area contributed by atoms with Crippen molar-refractivity contribution >= 4 is 5.69 Å². The minimum atomic E-state index is 0.885. The molecule has 0 fully saturated rings. The van der Waals surface area contributed by atoms with Crippen LogP contribution in [0.25, 0.3) is 0 Å². The van der Waals surface area contributed by atoms with E-state index in [0.29, 0.717) is 0 Å². The van der Waals surface area contributed by atoms with Crippen LogP contribution in [0.2, 0.25) is 0 Å². The van der Waals surface area contributed by atoms with Crippen LogP contribution in [0, 0.1) is 6.92 Å². The Morgan fingerprint density at radius 3 is 2.85 bits per heavy atom. The Hall–Kier alpha value is -1.02. The summed E-state index contributed by atoms with van der Waals surface area (Å²) in [6, 6.07) is 6.07. The molecule has 1 rings (SSSR count). The molecule has 0 aromatic heterocycles. The van der Waals surface area contributed by atoms with Gasteiger partial charge in [0.15, 0.2) is 0 Å². The molecule has 0 radical (unpaired) electrons. The normalized spacial score (nSPS) is 10.3. The monoisotopic (exact) mass is 178 g/mol. The zero-order valence-electron chi connectivity index (χ0n) is 8.43. The minimum absolute atomic E-state index is 0.885. The van der Waals surface area contributed by atoms with Gasteiger partial charge in [-0.15, -0.1) is 0 Å². The average Bonchev–Trinajstić information content (AvgIpc) is 2.13. The number of nitrogens with one attached hydrogen (secondary N) is 1. The van der Waals surface area contributed by atoms with Gasteiger partial charge in [-0.3, -0.25) is 0 Å². The molecular weight excluding hydrogens is 160 g/mol. The summed E-state index contributed by atoms with van der Waals surface area (Å²) in [4.78, 5) is 0. The number of nitrogen functional groups attached to an aromatic ring is 1. The van der Waals surface area contributed by atoms with Gasteiger partial charge in [-0.25, -0.2) is 0 Å². The molecule has 0 saturated heterocycles. The largest absolute Gasteiger partial charge is 0.399 e. The Morgan fingerprint density at radius 1 is 1.38 bits per heavy atom. The molecule has 1 aromatic rings. The molecule has 0 aliphatic rings. The van der Waals surface area contributed by atoms with Gasteiger partial charge in [-0.05, 0) is 37.1 Å². The van der Waals surface area contributed by atoms with Gasteiger partial charge >= 0.3 is 0 Å². The maximum absolute atomic E-state index is 5.80. The van der Waals surface area contributed by atoms with E-state index in [-0.39, 0.29) is 0 Å². The van der Waals surface area contributed by atoms with Crippen LogP contribution in [0.15, 0.2) is 18.2 Å². The SMILES string of the molecule is CCCNCc1cccc(N)c1C. The van der Waals surface area contributed by atoms with Crippen molar-refractivity contribution in [1.29, 1.82) is 0 Å². The summed E-state index contributed by atoms with van der Waals surface area (Å²) in [6.07, 6.45) is 1.17. The summed E-state index contributed by atoms with van der Waals surface area (Å²) in [5, 5.41) is 3.36. The summed E-state index contributed by atoms with van der Waals surface area (Å²) in [6.45, 7) is 6.22. The van der Waals surface area contributed by atoms with Crippen LogP contribution >= 0.6 is 0 Å². The van der Waals surface area contributed by atoms with Crippen molar-refractivity contribution in [1.82, 2.24) is 5.32 Å². The molecule has 3 N–H and O–H groups in total. The number of benzene rings is 1. The van der Waals surface area contributed by atoms with E-state index < -0.39 is 0 Å². The molecule has 1 aromatic carbocycles. The van der Waals surface area contributed by atoms with Gasteiger partial charge in [0.2, 0.25) is 0 Å². The van der Waals surface area contributed by atoms with Crippen molar-refractivity contribution in [2.75, 3.05) is 12.3 Å². The van der Waals surface area contributed by atoms with E-state index >= 15 is 0 Å². The van der Waals surface area contributed by atoms with Gasteiger partial charge in [0.05, 0.1) is 0 Å². The topological polar surface area (TPSA) is 38.0 Å². The number of nitrogens with two attached hydrogens (primary N) is 1. The highest BCUT2D eigenvalue weighted by Gasteiger charge is 1.99. The third-order valence-electron chi connectivity index (χ3n) is 2.23. The molecule has 0 heterocycles. The van der Waals surface area contributed by atoms with Gasteiger partial charge in [0.1, 0.15) is 0 Å². The second-order valence-corrected chi connectivity index (χ2v) is 3.31. The van der Waals surface area contributed by atoms with Crippen LogP contribution in [0.3, 0.4) is 0 Å². The van der Waals surface area contributed by atoms with Crippen molar-refractivity contribution in [3.8, 4) is 0 Å². The van der Waals surface area contributed by atoms with Gasteiger partial charge in [0, 0.05) is 12.2 Å². The highest BCUT2D eigenvalue weighted by molar-refractivity contribution is 5.49. The highest BCUT2D eigenvalue weighted by atomic mass is 14.8. The Kier molecular flexibility index (Phi) is 3.77. The smallest absolute Gasteiger partial charge is 0.0346 e. The van der Waals surface area contributed by atoms with Crippen molar-refractivity contribution in [2.45, 2.75) is 26.8 Å². The zero-order valence-corrected chi connectivity index (χ0v) is 8.43. The standard InChI is InChI=1S/C11H18N2/c1-3-7-13-8-10-5-4-6-11(12)9(10)2/h4-6,13H,3,7-8,12H2,1-2H3. The van der Waals surface area contributed by atoms with Crippen molar-refractivity contribution in [3.05, 3.63) is 29.3 Å². The molecule has 72 valence electrons. The fraction of sp³-hybridized carbons (Fsp3) is 0.455. The van der Waals surface area contributed by atoms with Gasteiger partial charge in [-0.2, -0.15) is 0 Å². The summed E-state index contributed by atoms with van der Waals surface area (Å²) >= 11 is 0. The second-order valence-electron chi connectivity index (χ2n) is 3.31. The number of hydrogen-bond acceptors (Lipinski definition) is 2. The van der Waals surface area contributed by atoms with E-state index in [1.54, 1.807) is 0 Å². The van der Waals surface area contributed by atoms with Crippen LogP contribution in [0.1, 0.15) is 24.5 Å². The van der Waals surface area contributed by atoms with E-state index in [2.05, 4.69) is 25.2 Å². The molecule has 13 heavy (non-hydrogen) atoms. The van der Waals surface area contributed by atoms with Crippen LogP contribution in [-0.2, 0) is 6.54 Å². The van der Waals surface area contributed by atoms with Gasteiger partial charge in [-0.1, -0.05) is 19.1 Å². The lowest BCUT2D eigenvalue weighted by Crippen LogP contribution is -2.14. The maximum atomic E-state index is 5.80. The predicted octanol–water partition coefficient (Wildman–Crippen LogP) is 2.08. The summed E-state index contributed by atoms with van der Waals surface area (Å²) < 4.78 is 0. The third kappa shape index (κ3) is 2.74. The fourth-order valence-electron chi connectivity index (χ4n) is 1.29. The van der Waals surface area contributed by atoms with Crippen molar-refractivity contribution in [3.63, 3.8) is 0 Å². The third-order valence-corrected chi connectivity index (χ3v) is 2.23. The molecule has 0 aliphatic heterocycles. The Morgan fingerprint density at radius 2 is 2.15 bits per heavy atom. The minimum Gasteiger partial charge on any atom is -0.399 e. The second kappa shape index (κ2) is 4.87. The molecule has 0 unspecified atom stereocenters. The van der Waals surface area contributed by atoms with Crippen LogP contribution in [-0.4, -0.2) is 6.54 Å². The molecule has 0 saturated carbocycles. The maximum Gasteiger partial charge on any atom is 0.0346 e. The summed E-state index contributed by atoms with van der Waals surface area (Å²) in [7, 11) is 0. The van der Waals surface area contributed by atoms with Crippen LogP contribution in [0.4, 0.5) is 5.69 Å².